The summed E-state index contributed by atoms with van der Waals surface area (Å²) in [6.45, 7) is 8.01. The van der Waals surface area contributed by atoms with Gasteiger partial charge in [0.05, 0.1) is 0 Å². The van der Waals surface area contributed by atoms with Gasteiger partial charge < -0.3 is 15.2 Å². The minimum absolute atomic E-state index is 0.0121. The van der Waals surface area contributed by atoms with E-state index in [9.17, 15) is 4.79 Å². The Balaban J connectivity index is 2.03. The Bertz CT molecular complexity index is 463. The van der Waals surface area contributed by atoms with Crippen LogP contribution in [0.25, 0.3) is 0 Å². The van der Waals surface area contributed by atoms with Crippen LogP contribution < -0.4 is 16.2 Å². The molecule has 0 aromatic carbocycles. The van der Waals surface area contributed by atoms with Crippen molar-refractivity contribution in [3.8, 4) is 0 Å². The van der Waals surface area contributed by atoms with Gasteiger partial charge in [-0.05, 0) is 37.8 Å². The number of aryl methyl sites for hydroxylation is 1. The molecular weight excluding hydrogens is 240 g/mol. The van der Waals surface area contributed by atoms with E-state index in [1.165, 1.54) is 0 Å². The first-order chi connectivity index (χ1) is 9.14. The Labute approximate surface area is 114 Å². The summed E-state index contributed by atoms with van der Waals surface area (Å²) in [5.74, 6) is 0.482. The molecule has 1 aromatic heterocycles. The van der Waals surface area contributed by atoms with Crippen LogP contribution >= 0.6 is 0 Å². The highest BCUT2D eigenvalue weighted by Crippen LogP contribution is 2.27. The van der Waals surface area contributed by atoms with Gasteiger partial charge >= 0.3 is 0 Å². The van der Waals surface area contributed by atoms with Gasteiger partial charge in [0.15, 0.2) is 5.82 Å². The molecule has 0 spiro atoms. The van der Waals surface area contributed by atoms with Crippen molar-refractivity contribution in [2.45, 2.75) is 39.7 Å². The molecule has 2 rings (SSSR count). The van der Waals surface area contributed by atoms with Crippen LogP contribution in [0.3, 0.4) is 0 Å². The molecule has 5 nitrogen and oxygen atoms in total. The molecule has 106 valence electrons. The average molecular weight is 264 g/mol. The van der Waals surface area contributed by atoms with Crippen LogP contribution in [0, 0.1) is 5.41 Å². The third kappa shape index (κ3) is 3.56. The van der Waals surface area contributed by atoms with Crippen LogP contribution in [0.5, 0.6) is 0 Å². The van der Waals surface area contributed by atoms with E-state index in [4.69, 9.17) is 0 Å². The maximum atomic E-state index is 12.2. The predicted octanol–water partition coefficient (Wildman–Crippen LogP) is 1.45. The summed E-state index contributed by atoms with van der Waals surface area (Å²) in [5.41, 5.74) is 0.243. The lowest BCUT2D eigenvalue weighted by Crippen LogP contribution is -2.40. The summed E-state index contributed by atoms with van der Waals surface area (Å²) in [6.07, 6.45) is 6.67. The largest absolute Gasteiger partial charge is 0.365 e. The second-order valence-corrected chi connectivity index (χ2v) is 5.69. The van der Waals surface area contributed by atoms with E-state index in [1.807, 2.05) is 0 Å². The molecule has 2 N–H and O–H groups in total. The molecule has 0 aliphatic carbocycles. The normalized spacial score (nSPS) is 18.2. The summed E-state index contributed by atoms with van der Waals surface area (Å²) in [5, 5.41) is 6.62. The monoisotopic (exact) mass is 264 g/mol. The average Bonchev–Trinajstić information content (AvgIpc) is 2.41. The summed E-state index contributed by atoms with van der Waals surface area (Å²) in [7, 11) is 0. The van der Waals surface area contributed by atoms with Crippen LogP contribution in [0.2, 0.25) is 0 Å². The van der Waals surface area contributed by atoms with Gasteiger partial charge in [-0.3, -0.25) is 4.79 Å². The van der Waals surface area contributed by atoms with E-state index in [1.54, 1.807) is 17.0 Å². The molecule has 1 fully saturated rings. The molecule has 0 saturated carbocycles. The number of nitrogens with zero attached hydrogens (tertiary/aromatic N) is 2. The highest BCUT2D eigenvalue weighted by atomic mass is 16.1. The van der Waals surface area contributed by atoms with E-state index in [0.29, 0.717) is 5.82 Å². The van der Waals surface area contributed by atoms with Crippen LogP contribution in [-0.2, 0) is 6.54 Å². The predicted molar refractivity (Wildman–Crippen MR) is 77.5 cm³/mol. The fourth-order valence-corrected chi connectivity index (χ4v) is 2.49. The number of aromatic nitrogens is 2. The molecule has 1 aromatic rings. The zero-order valence-corrected chi connectivity index (χ0v) is 11.9. The van der Waals surface area contributed by atoms with Crippen molar-refractivity contribution in [2.75, 3.05) is 25.0 Å². The van der Waals surface area contributed by atoms with Gasteiger partial charge in [-0.2, -0.15) is 0 Å². The molecule has 1 saturated heterocycles. The minimum atomic E-state index is -0.0121. The fourth-order valence-electron chi connectivity index (χ4n) is 2.49. The maximum absolute atomic E-state index is 12.2. The van der Waals surface area contributed by atoms with Crippen molar-refractivity contribution < 1.29 is 0 Å². The number of rotatable bonds is 5. The fraction of sp³-hybridized carbons (Fsp3) is 0.714. The summed E-state index contributed by atoms with van der Waals surface area (Å²) in [6, 6.07) is 0. The first-order valence-electron chi connectivity index (χ1n) is 7.15. The number of hydrogen-bond donors (Lipinski definition) is 2. The third-order valence-electron chi connectivity index (χ3n) is 3.87. The maximum Gasteiger partial charge on any atom is 0.293 e. The third-order valence-corrected chi connectivity index (χ3v) is 3.87. The number of hydrogen-bond acceptors (Lipinski definition) is 4. The van der Waals surface area contributed by atoms with Gasteiger partial charge in [0, 0.05) is 25.5 Å². The molecule has 19 heavy (non-hydrogen) atoms. The van der Waals surface area contributed by atoms with Crippen molar-refractivity contribution in [1.82, 2.24) is 14.9 Å². The lowest BCUT2D eigenvalue weighted by molar-refractivity contribution is 0.247. The molecule has 0 atom stereocenters. The van der Waals surface area contributed by atoms with Crippen molar-refractivity contribution in [3.05, 3.63) is 22.7 Å². The highest BCUT2D eigenvalue weighted by Gasteiger charge is 2.26. The molecule has 0 unspecified atom stereocenters. The lowest BCUT2D eigenvalue weighted by atomic mass is 9.81. The Hall–Kier alpha value is -1.36. The van der Waals surface area contributed by atoms with Gasteiger partial charge in [-0.1, -0.05) is 13.8 Å². The summed E-state index contributed by atoms with van der Waals surface area (Å²) in [4.78, 5) is 16.3. The SMILES string of the molecule is CCCn1ccnc(NCC2(C)CCNCC2)c1=O. The standard InChI is InChI=1S/C14H24N4O/c1-3-9-18-10-8-16-12(13(18)19)17-11-14(2)4-6-15-7-5-14/h8,10,15H,3-7,9,11H2,1-2H3,(H,16,17). The topological polar surface area (TPSA) is 59.0 Å². The summed E-state index contributed by atoms with van der Waals surface area (Å²) >= 11 is 0. The van der Waals surface area contributed by atoms with Crippen molar-refractivity contribution >= 4 is 5.82 Å². The van der Waals surface area contributed by atoms with Crippen LogP contribution in [0.15, 0.2) is 17.2 Å². The molecule has 2 heterocycles. The number of piperidine rings is 1. The molecular formula is C14H24N4O. The van der Waals surface area contributed by atoms with E-state index in [-0.39, 0.29) is 11.0 Å². The van der Waals surface area contributed by atoms with Gasteiger partial charge in [0.2, 0.25) is 0 Å². The second-order valence-electron chi connectivity index (χ2n) is 5.69. The molecule has 1 aliphatic heterocycles. The van der Waals surface area contributed by atoms with E-state index >= 15 is 0 Å². The molecule has 5 heteroatoms. The zero-order valence-electron chi connectivity index (χ0n) is 11.9. The van der Waals surface area contributed by atoms with Gasteiger partial charge in [-0.15, -0.1) is 0 Å². The quantitative estimate of drug-likeness (QED) is 0.845. The first-order valence-corrected chi connectivity index (χ1v) is 7.15. The van der Waals surface area contributed by atoms with E-state index in [2.05, 4.69) is 29.5 Å². The number of anilines is 1. The Morgan fingerprint density at radius 3 is 2.89 bits per heavy atom. The first kappa shape index (κ1) is 14.1. The van der Waals surface area contributed by atoms with Gasteiger partial charge in [0.25, 0.3) is 5.56 Å². The Morgan fingerprint density at radius 2 is 2.21 bits per heavy atom. The van der Waals surface area contributed by atoms with Crippen LogP contribution in [-0.4, -0.2) is 29.2 Å². The van der Waals surface area contributed by atoms with Crippen molar-refractivity contribution in [2.24, 2.45) is 5.41 Å². The molecule has 0 radical (unpaired) electrons. The minimum Gasteiger partial charge on any atom is -0.365 e. The molecule has 1 aliphatic rings. The smallest absolute Gasteiger partial charge is 0.293 e. The van der Waals surface area contributed by atoms with Gasteiger partial charge in [-0.25, -0.2) is 4.98 Å². The lowest BCUT2D eigenvalue weighted by Gasteiger charge is -2.34. The Kier molecular flexibility index (Phi) is 4.58. The highest BCUT2D eigenvalue weighted by molar-refractivity contribution is 5.31. The van der Waals surface area contributed by atoms with Crippen LogP contribution in [0.1, 0.15) is 33.1 Å². The molecule has 0 bridgehead atoms. The van der Waals surface area contributed by atoms with Gasteiger partial charge in [0.1, 0.15) is 0 Å². The summed E-state index contributed by atoms with van der Waals surface area (Å²) < 4.78 is 1.72. The molecule has 0 amide bonds. The number of nitrogens with one attached hydrogen (secondary N) is 2. The second kappa shape index (κ2) is 6.19. The van der Waals surface area contributed by atoms with E-state index in [0.717, 1.165) is 45.4 Å². The van der Waals surface area contributed by atoms with E-state index < -0.39 is 0 Å². The Morgan fingerprint density at radius 1 is 1.47 bits per heavy atom. The van der Waals surface area contributed by atoms with Crippen molar-refractivity contribution in [3.63, 3.8) is 0 Å². The van der Waals surface area contributed by atoms with Crippen LogP contribution in [0.4, 0.5) is 5.82 Å². The zero-order chi connectivity index (χ0) is 13.7. The van der Waals surface area contributed by atoms with Crippen molar-refractivity contribution in [1.29, 1.82) is 0 Å².